The number of ether oxygens (including phenoxy) is 2. The van der Waals surface area contributed by atoms with E-state index in [1.807, 2.05) is 22.9 Å². The Morgan fingerprint density at radius 1 is 1.26 bits per heavy atom. The Labute approximate surface area is 160 Å². The van der Waals surface area contributed by atoms with Crippen molar-refractivity contribution >= 4 is 0 Å². The zero-order valence-electron chi connectivity index (χ0n) is 15.8. The lowest BCUT2D eigenvalue weighted by Gasteiger charge is -2.46. The summed E-state index contributed by atoms with van der Waals surface area (Å²) in [7, 11) is 0. The van der Waals surface area contributed by atoms with Gasteiger partial charge in [0.05, 0.1) is 24.6 Å². The number of rotatable bonds is 6. The predicted molar refractivity (Wildman–Crippen MR) is 103 cm³/mol. The summed E-state index contributed by atoms with van der Waals surface area (Å²) in [6.07, 6.45) is 8.86. The summed E-state index contributed by atoms with van der Waals surface area (Å²) in [4.78, 5) is 6.50. The van der Waals surface area contributed by atoms with Crippen molar-refractivity contribution < 1.29 is 14.6 Å². The van der Waals surface area contributed by atoms with Gasteiger partial charge in [-0.15, -0.1) is 0 Å². The number of hydrogen-bond acceptors (Lipinski definition) is 5. The van der Waals surface area contributed by atoms with Crippen LogP contribution >= 0.6 is 0 Å². The number of para-hydroxylation sites is 1. The molecular weight excluding hydrogens is 342 g/mol. The molecular formula is C21H29N3O3. The average molecular weight is 371 g/mol. The van der Waals surface area contributed by atoms with Gasteiger partial charge in [-0.2, -0.15) is 0 Å². The summed E-state index contributed by atoms with van der Waals surface area (Å²) >= 11 is 0. The molecule has 0 amide bonds. The summed E-state index contributed by atoms with van der Waals surface area (Å²) in [5.74, 6) is 0.951. The van der Waals surface area contributed by atoms with Crippen molar-refractivity contribution in [1.82, 2.24) is 14.5 Å². The molecule has 0 bridgehead atoms. The lowest BCUT2D eigenvalue weighted by atomic mass is 9.82. The maximum absolute atomic E-state index is 10.4. The van der Waals surface area contributed by atoms with Gasteiger partial charge in [0, 0.05) is 44.2 Å². The molecule has 2 aromatic rings. The molecule has 1 aromatic carbocycles. The molecule has 6 heteroatoms. The first kappa shape index (κ1) is 18.5. The summed E-state index contributed by atoms with van der Waals surface area (Å²) in [6.45, 7) is 4.95. The molecule has 2 aliphatic rings. The van der Waals surface area contributed by atoms with E-state index in [0.717, 1.165) is 64.2 Å². The van der Waals surface area contributed by atoms with E-state index in [1.165, 1.54) is 5.56 Å². The third-order valence-corrected chi connectivity index (χ3v) is 5.85. The first-order valence-electron chi connectivity index (χ1n) is 9.96. The third-order valence-electron chi connectivity index (χ3n) is 5.85. The lowest BCUT2D eigenvalue weighted by Crippen LogP contribution is -2.55. The first-order chi connectivity index (χ1) is 13.3. The largest absolute Gasteiger partial charge is 0.491 e. The van der Waals surface area contributed by atoms with Crippen molar-refractivity contribution in [1.29, 1.82) is 0 Å². The fourth-order valence-corrected chi connectivity index (χ4v) is 4.17. The molecule has 2 saturated heterocycles. The Bertz CT molecular complexity index is 711. The summed E-state index contributed by atoms with van der Waals surface area (Å²) < 4.78 is 14.1. The highest BCUT2D eigenvalue weighted by Gasteiger charge is 2.43. The zero-order chi connectivity index (χ0) is 18.5. The minimum atomic E-state index is -0.313. The fourth-order valence-electron chi connectivity index (χ4n) is 4.17. The molecule has 27 heavy (non-hydrogen) atoms. The Balaban J connectivity index is 1.32. The van der Waals surface area contributed by atoms with Gasteiger partial charge in [0.15, 0.2) is 0 Å². The molecule has 2 fully saturated rings. The van der Waals surface area contributed by atoms with E-state index >= 15 is 0 Å². The van der Waals surface area contributed by atoms with Crippen molar-refractivity contribution in [2.75, 3.05) is 26.3 Å². The van der Waals surface area contributed by atoms with Gasteiger partial charge < -0.3 is 19.1 Å². The van der Waals surface area contributed by atoms with Gasteiger partial charge in [-0.25, -0.2) is 4.98 Å². The van der Waals surface area contributed by atoms with E-state index in [9.17, 15) is 5.11 Å². The second kappa shape index (κ2) is 8.42. The molecule has 1 spiro atoms. The highest BCUT2D eigenvalue weighted by molar-refractivity contribution is 5.33. The highest BCUT2D eigenvalue weighted by Crippen LogP contribution is 2.36. The molecule has 3 heterocycles. The first-order valence-corrected chi connectivity index (χ1v) is 9.96. The van der Waals surface area contributed by atoms with Crippen LogP contribution in [0.2, 0.25) is 0 Å². The molecule has 1 N–H and O–H groups in total. The monoisotopic (exact) mass is 371 g/mol. The maximum atomic E-state index is 10.4. The van der Waals surface area contributed by atoms with E-state index in [2.05, 4.69) is 22.0 Å². The Morgan fingerprint density at radius 2 is 2.11 bits per heavy atom. The topological polar surface area (TPSA) is 59.8 Å². The Kier molecular flexibility index (Phi) is 5.76. The molecule has 0 unspecified atom stereocenters. The van der Waals surface area contributed by atoms with Gasteiger partial charge in [0.25, 0.3) is 0 Å². The number of piperidine rings is 1. The van der Waals surface area contributed by atoms with Gasteiger partial charge in [0.1, 0.15) is 12.4 Å². The van der Waals surface area contributed by atoms with Crippen LogP contribution in [0.4, 0.5) is 0 Å². The Hall–Kier alpha value is -1.89. The Morgan fingerprint density at radius 3 is 2.89 bits per heavy atom. The van der Waals surface area contributed by atoms with E-state index in [0.29, 0.717) is 6.61 Å². The van der Waals surface area contributed by atoms with Crippen molar-refractivity contribution in [3.63, 3.8) is 0 Å². The van der Waals surface area contributed by atoms with Gasteiger partial charge in [-0.05, 0) is 31.7 Å². The highest BCUT2D eigenvalue weighted by atomic mass is 16.5. The molecule has 1 aromatic heterocycles. The van der Waals surface area contributed by atoms with E-state index in [4.69, 9.17) is 9.47 Å². The van der Waals surface area contributed by atoms with E-state index in [1.54, 1.807) is 12.5 Å². The molecule has 0 radical (unpaired) electrons. The summed E-state index contributed by atoms with van der Waals surface area (Å²) in [6, 6.07) is 8.27. The van der Waals surface area contributed by atoms with Crippen molar-refractivity contribution in [3.8, 4) is 5.75 Å². The van der Waals surface area contributed by atoms with Crippen LogP contribution in [0.1, 0.15) is 31.2 Å². The van der Waals surface area contributed by atoms with Crippen molar-refractivity contribution in [3.05, 3.63) is 48.5 Å². The van der Waals surface area contributed by atoms with Gasteiger partial charge >= 0.3 is 0 Å². The number of aliphatic hydroxyl groups excluding tert-OH is 1. The van der Waals surface area contributed by atoms with E-state index < -0.39 is 0 Å². The number of hydrogen-bond donors (Lipinski definition) is 1. The number of nitrogens with zero attached hydrogens (tertiary/aromatic N) is 3. The molecule has 1 atom stereocenters. The normalized spacial score (nSPS) is 22.8. The lowest BCUT2D eigenvalue weighted by molar-refractivity contribution is -0.177. The molecule has 146 valence electrons. The molecule has 4 rings (SSSR count). The smallest absolute Gasteiger partial charge is 0.123 e. The van der Waals surface area contributed by atoms with Crippen LogP contribution in [0.5, 0.6) is 5.75 Å². The summed E-state index contributed by atoms with van der Waals surface area (Å²) in [5, 5.41) is 10.4. The van der Waals surface area contributed by atoms with Crippen LogP contribution in [0.3, 0.4) is 0 Å². The number of aliphatic hydroxyl groups is 1. The minimum Gasteiger partial charge on any atom is -0.491 e. The van der Waals surface area contributed by atoms with Crippen LogP contribution in [0, 0.1) is 0 Å². The van der Waals surface area contributed by atoms with Crippen LogP contribution in [-0.2, 0) is 17.8 Å². The average Bonchev–Trinajstić information content (AvgIpc) is 3.21. The molecule has 0 saturated carbocycles. The second-order valence-electron chi connectivity index (χ2n) is 7.60. The number of benzene rings is 1. The van der Waals surface area contributed by atoms with Crippen LogP contribution in [0.25, 0.3) is 0 Å². The SMILES string of the molecule is O[C@H]1CCCOC12CCN(Cc1ccccc1OCCn1ccnc1)CC2. The fraction of sp³-hybridized carbons (Fsp3) is 0.571. The molecule has 0 aliphatic carbocycles. The van der Waals surface area contributed by atoms with Crippen molar-refractivity contribution in [2.24, 2.45) is 0 Å². The summed E-state index contributed by atoms with van der Waals surface area (Å²) in [5.41, 5.74) is 0.902. The van der Waals surface area contributed by atoms with Crippen LogP contribution in [-0.4, -0.2) is 57.6 Å². The van der Waals surface area contributed by atoms with Crippen LogP contribution in [0.15, 0.2) is 43.0 Å². The zero-order valence-corrected chi connectivity index (χ0v) is 15.8. The van der Waals surface area contributed by atoms with Gasteiger partial charge in [-0.1, -0.05) is 18.2 Å². The number of imidazole rings is 1. The van der Waals surface area contributed by atoms with Gasteiger partial charge in [-0.3, -0.25) is 4.90 Å². The number of likely N-dealkylation sites (tertiary alicyclic amines) is 1. The predicted octanol–water partition coefficient (Wildman–Crippen LogP) is 2.47. The minimum absolute atomic E-state index is 0.310. The quantitative estimate of drug-likeness (QED) is 0.845. The maximum Gasteiger partial charge on any atom is 0.123 e. The standard InChI is InChI=1S/C21H29N3O3/c25-20-6-3-14-27-21(20)7-10-23(11-8-21)16-18-4-1-2-5-19(18)26-15-13-24-12-9-22-17-24/h1-2,4-5,9,12,17,20,25H,3,6-8,10-11,13-16H2/t20-/m0/s1. The van der Waals surface area contributed by atoms with Crippen LogP contribution < -0.4 is 4.74 Å². The van der Waals surface area contributed by atoms with Gasteiger partial charge in [0.2, 0.25) is 0 Å². The molecule has 2 aliphatic heterocycles. The molecule has 6 nitrogen and oxygen atoms in total. The number of aromatic nitrogens is 2. The van der Waals surface area contributed by atoms with E-state index in [-0.39, 0.29) is 11.7 Å². The van der Waals surface area contributed by atoms with Crippen molar-refractivity contribution in [2.45, 2.75) is 50.5 Å². The third kappa shape index (κ3) is 4.34. The second-order valence-corrected chi connectivity index (χ2v) is 7.60.